The van der Waals surface area contributed by atoms with Gasteiger partial charge in [-0.2, -0.15) is 0 Å². The molecule has 0 saturated carbocycles. The topological polar surface area (TPSA) is 55.1 Å². The molecule has 2 aromatic carbocycles. The molecule has 98 valence electrons. The van der Waals surface area contributed by atoms with Crippen molar-refractivity contribution in [3.05, 3.63) is 59.7 Å². The Morgan fingerprint density at radius 1 is 1.11 bits per heavy atom. The molecule has 2 rings (SSSR count). The number of anilines is 2. The van der Waals surface area contributed by atoms with Crippen LogP contribution in [-0.4, -0.2) is 5.91 Å². The largest absolute Gasteiger partial charge is 0.399 e. The molecule has 0 fully saturated rings. The lowest BCUT2D eigenvalue weighted by Gasteiger charge is -2.06. The van der Waals surface area contributed by atoms with Crippen LogP contribution in [0.15, 0.2) is 42.5 Å². The number of carbonyl (C=O) groups is 1. The molecule has 0 aliphatic heterocycles. The van der Waals surface area contributed by atoms with Gasteiger partial charge in [-0.05, 0) is 29.8 Å². The van der Waals surface area contributed by atoms with E-state index in [9.17, 15) is 13.6 Å². The van der Waals surface area contributed by atoms with E-state index in [2.05, 4.69) is 5.32 Å². The first kappa shape index (κ1) is 13.0. The fourth-order valence-corrected chi connectivity index (χ4v) is 1.67. The molecule has 0 saturated heterocycles. The first-order valence-corrected chi connectivity index (χ1v) is 5.64. The molecular weight excluding hydrogens is 250 g/mol. The van der Waals surface area contributed by atoms with Gasteiger partial charge in [0.05, 0.1) is 6.42 Å². The van der Waals surface area contributed by atoms with Crippen LogP contribution in [0, 0.1) is 11.6 Å². The Labute approximate surface area is 109 Å². The van der Waals surface area contributed by atoms with Gasteiger partial charge in [-0.3, -0.25) is 4.79 Å². The number of nitrogens with one attached hydrogen (secondary N) is 1. The van der Waals surface area contributed by atoms with E-state index in [1.807, 2.05) is 0 Å². The summed E-state index contributed by atoms with van der Waals surface area (Å²) < 4.78 is 25.7. The van der Waals surface area contributed by atoms with Crippen LogP contribution in [0.5, 0.6) is 0 Å². The molecule has 0 bridgehead atoms. The van der Waals surface area contributed by atoms with E-state index in [4.69, 9.17) is 5.73 Å². The quantitative estimate of drug-likeness (QED) is 0.836. The fraction of sp³-hybridized carbons (Fsp3) is 0.0714. The average molecular weight is 262 g/mol. The van der Waals surface area contributed by atoms with Crippen molar-refractivity contribution in [2.75, 3.05) is 11.1 Å². The summed E-state index contributed by atoms with van der Waals surface area (Å²) in [5.74, 6) is -2.27. The molecule has 19 heavy (non-hydrogen) atoms. The van der Waals surface area contributed by atoms with Crippen LogP contribution in [0.4, 0.5) is 20.2 Å². The van der Waals surface area contributed by atoms with E-state index >= 15 is 0 Å². The number of nitrogens with two attached hydrogens (primary N) is 1. The second kappa shape index (κ2) is 5.48. The monoisotopic (exact) mass is 262 g/mol. The van der Waals surface area contributed by atoms with E-state index in [0.717, 1.165) is 17.7 Å². The van der Waals surface area contributed by atoms with Crippen molar-refractivity contribution < 1.29 is 13.6 Å². The van der Waals surface area contributed by atoms with E-state index < -0.39 is 11.6 Å². The van der Waals surface area contributed by atoms with E-state index in [1.165, 1.54) is 6.07 Å². The summed E-state index contributed by atoms with van der Waals surface area (Å²) in [7, 11) is 0. The zero-order valence-corrected chi connectivity index (χ0v) is 9.99. The predicted octanol–water partition coefficient (Wildman–Crippen LogP) is 2.73. The van der Waals surface area contributed by atoms with Crippen LogP contribution in [0.25, 0.3) is 0 Å². The van der Waals surface area contributed by atoms with Gasteiger partial charge in [0.2, 0.25) is 5.91 Å². The van der Waals surface area contributed by atoms with E-state index in [-0.39, 0.29) is 18.0 Å². The molecule has 3 N–H and O–H groups in total. The number of halogens is 2. The summed E-state index contributed by atoms with van der Waals surface area (Å²) >= 11 is 0. The first-order chi connectivity index (χ1) is 9.04. The van der Waals surface area contributed by atoms with Gasteiger partial charge >= 0.3 is 0 Å². The molecule has 0 radical (unpaired) electrons. The Morgan fingerprint density at radius 3 is 2.58 bits per heavy atom. The highest BCUT2D eigenvalue weighted by Crippen LogP contribution is 2.14. The molecular formula is C14H12F2N2O. The number of benzene rings is 2. The molecule has 0 atom stereocenters. The minimum absolute atomic E-state index is 0.115. The SMILES string of the molecule is Nc1cccc(CC(=O)Nc2ccc(F)c(F)c2)c1. The third-order valence-corrected chi connectivity index (χ3v) is 2.52. The zero-order valence-electron chi connectivity index (χ0n) is 9.99. The van der Waals surface area contributed by atoms with Crippen molar-refractivity contribution in [3.63, 3.8) is 0 Å². The molecule has 3 nitrogen and oxygen atoms in total. The second-order valence-corrected chi connectivity index (χ2v) is 4.10. The Bertz CT molecular complexity index is 614. The lowest BCUT2D eigenvalue weighted by atomic mass is 10.1. The van der Waals surface area contributed by atoms with Crippen molar-refractivity contribution in [2.24, 2.45) is 0 Å². The molecule has 0 spiro atoms. The Kier molecular flexibility index (Phi) is 3.75. The Balaban J connectivity index is 2.03. The van der Waals surface area contributed by atoms with Gasteiger partial charge < -0.3 is 11.1 Å². The van der Waals surface area contributed by atoms with Crippen LogP contribution in [0.1, 0.15) is 5.56 Å². The number of hydrogen-bond acceptors (Lipinski definition) is 2. The molecule has 0 aliphatic carbocycles. The zero-order chi connectivity index (χ0) is 13.8. The summed E-state index contributed by atoms with van der Waals surface area (Å²) in [4.78, 5) is 11.7. The molecule has 0 heterocycles. The van der Waals surface area contributed by atoms with Crippen LogP contribution in [0.2, 0.25) is 0 Å². The number of amides is 1. The van der Waals surface area contributed by atoms with Crippen molar-refractivity contribution in [2.45, 2.75) is 6.42 Å². The van der Waals surface area contributed by atoms with Crippen LogP contribution in [0.3, 0.4) is 0 Å². The number of rotatable bonds is 3. The van der Waals surface area contributed by atoms with Crippen molar-refractivity contribution in [1.29, 1.82) is 0 Å². The summed E-state index contributed by atoms with van der Waals surface area (Å²) in [6.45, 7) is 0. The van der Waals surface area contributed by atoms with Crippen molar-refractivity contribution in [1.82, 2.24) is 0 Å². The number of carbonyl (C=O) groups excluding carboxylic acids is 1. The predicted molar refractivity (Wildman–Crippen MR) is 69.5 cm³/mol. The standard InChI is InChI=1S/C14H12F2N2O/c15-12-5-4-11(8-13(12)16)18-14(19)7-9-2-1-3-10(17)6-9/h1-6,8H,7,17H2,(H,18,19). The smallest absolute Gasteiger partial charge is 0.228 e. The van der Waals surface area contributed by atoms with Crippen molar-refractivity contribution >= 4 is 17.3 Å². The van der Waals surface area contributed by atoms with Gasteiger partial charge in [-0.1, -0.05) is 12.1 Å². The third-order valence-electron chi connectivity index (χ3n) is 2.52. The second-order valence-electron chi connectivity index (χ2n) is 4.10. The summed E-state index contributed by atoms with van der Waals surface area (Å²) in [5.41, 5.74) is 7.13. The van der Waals surface area contributed by atoms with Gasteiger partial charge in [0.1, 0.15) is 0 Å². The van der Waals surface area contributed by atoms with Crippen LogP contribution < -0.4 is 11.1 Å². The maximum absolute atomic E-state index is 13.0. The maximum Gasteiger partial charge on any atom is 0.228 e. The van der Waals surface area contributed by atoms with Gasteiger partial charge in [0.15, 0.2) is 11.6 Å². The minimum atomic E-state index is -0.998. The highest BCUT2D eigenvalue weighted by Gasteiger charge is 2.07. The highest BCUT2D eigenvalue weighted by atomic mass is 19.2. The van der Waals surface area contributed by atoms with E-state index in [0.29, 0.717) is 5.69 Å². The van der Waals surface area contributed by atoms with Crippen LogP contribution >= 0.6 is 0 Å². The molecule has 0 aliphatic rings. The molecule has 5 heteroatoms. The lowest BCUT2D eigenvalue weighted by Crippen LogP contribution is -2.14. The number of nitrogen functional groups attached to an aromatic ring is 1. The Hall–Kier alpha value is -2.43. The minimum Gasteiger partial charge on any atom is -0.399 e. The first-order valence-electron chi connectivity index (χ1n) is 5.64. The Morgan fingerprint density at radius 2 is 1.89 bits per heavy atom. The molecule has 1 amide bonds. The summed E-state index contributed by atoms with van der Waals surface area (Å²) in [6, 6.07) is 10.1. The molecule has 0 aromatic heterocycles. The number of hydrogen-bond donors (Lipinski definition) is 2. The average Bonchev–Trinajstić information content (AvgIpc) is 2.34. The van der Waals surface area contributed by atoms with Gasteiger partial charge in [-0.15, -0.1) is 0 Å². The normalized spacial score (nSPS) is 10.2. The fourth-order valence-electron chi connectivity index (χ4n) is 1.67. The molecule has 2 aromatic rings. The molecule has 0 unspecified atom stereocenters. The maximum atomic E-state index is 13.0. The summed E-state index contributed by atoms with van der Waals surface area (Å²) in [5, 5.41) is 2.49. The third kappa shape index (κ3) is 3.51. The van der Waals surface area contributed by atoms with E-state index in [1.54, 1.807) is 24.3 Å². The lowest BCUT2D eigenvalue weighted by molar-refractivity contribution is -0.115. The van der Waals surface area contributed by atoms with Crippen molar-refractivity contribution in [3.8, 4) is 0 Å². The summed E-state index contributed by atoms with van der Waals surface area (Å²) in [6.07, 6.45) is 0.115. The van der Waals surface area contributed by atoms with Gasteiger partial charge in [-0.25, -0.2) is 8.78 Å². The van der Waals surface area contributed by atoms with Crippen LogP contribution in [-0.2, 0) is 11.2 Å². The van der Waals surface area contributed by atoms with Gasteiger partial charge in [0, 0.05) is 17.4 Å². The highest BCUT2D eigenvalue weighted by molar-refractivity contribution is 5.92. The van der Waals surface area contributed by atoms with Gasteiger partial charge in [0.25, 0.3) is 0 Å².